The van der Waals surface area contributed by atoms with Gasteiger partial charge in [0, 0.05) is 25.0 Å². The summed E-state index contributed by atoms with van der Waals surface area (Å²) in [5, 5.41) is 12.7. The lowest BCUT2D eigenvalue weighted by Crippen LogP contribution is -2.24. The molecule has 1 heterocycles. The Balaban J connectivity index is 1.97. The van der Waals surface area contributed by atoms with Crippen molar-refractivity contribution in [1.82, 2.24) is 15.5 Å². The van der Waals surface area contributed by atoms with E-state index in [4.69, 9.17) is 4.74 Å². The SMILES string of the molecule is CNC(=O)COc1cccc(NC(C)c2ccn[nH]2)c1. The lowest BCUT2D eigenvalue weighted by atomic mass is 10.2. The lowest BCUT2D eigenvalue weighted by Gasteiger charge is -2.14. The topological polar surface area (TPSA) is 79.0 Å². The molecule has 106 valence electrons. The third-order valence-electron chi connectivity index (χ3n) is 2.85. The number of aromatic amines is 1. The van der Waals surface area contributed by atoms with E-state index in [0.29, 0.717) is 5.75 Å². The monoisotopic (exact) mass is 274 g/mol. The van der Waals surface area contributed by atoms with Crippen LogP contribution in [0.1, 0.15) is 18.7 Å². The fraction of sp³-hybridized carbons (Fsp3) is 0.286. The largest absolute Gasteiger partial charge is 0.484 e. The molecule has 1 atom stereocenters. The highest BCUT2D eigenvalue weighted by Crippen LogP contribution is 2.21. The van der Waals surface area contributed by atoms with Crippen LogP contribution in [0.5, 0.6) is 5.75 Å². The van der Waals surface area contributed by atoms with E-state index in [1.54, 1.807) is 13.2 Å². The molecule has 20 heavy (non-hydrogen) atoms. The zero-order valence-corrected chi connectivity index (χ0v) is 11.5. The first-order valence-corrected chi connectivity index (χ1v) is 6.38. The summed E-state index contributed by atoms with van der Waals surface area (Å²) in [4.78, 5) is 11.1. The van der Waals surface area contributed by atoms with E-state index in [-0.39, 0.29) is 18.6 Å². The highest BCUT2D eigenvalue weighted by molar-refractivity contribution is 5.77. The molecule has 2 aromatic rings. The maximum Gasteiger partial charge on any atom is 0.257 e. The summed E-state index contributed by atoms with van der Waals surface area (Å²) in [6.07, 6.45) is 1.72. The summed E-state index contributed by atoms with van der Waals surface area (Å²) in [6.45, 7) is 2.04. The summed E-state index contributed by atoms with van der Waals surface area (Å²) in [5.74, 6) is 0.490. The number of nitrogens with zero attached hydrogens (tertiary/aromatic N) is 1. The second kappa shape index (κ2) is 6.60. The maximum absolute atomic E-state index is 11.1. The predicted octanol–water partition coefficient (Wildman–Crippen LogP) is 1.71. The lowest BCUT2D eigenvalue weighted by molar-refractivity contribution is -0.122. The highest BCUT2D eigenvalue weighted by Gasteiger charge is 2.07. The first-order chi connectivity index (χ1) is 9.69. The van der Waals surface area contributed by atoms with Crippen molar-refractivity contribution < 1.29 is 9.53 Å². The average molecular weight is 274 g/mol. The second-order valence-electron chi connectivity index (χ2n) is 4.37. The molecule has 0 fully saturated rings. The number of hydrogen-bond donors (Lipinski definition) is 3. The van der Waals surface area contributed by atoms with Gasteiger partial charge in [0.15, 0.2) is 6.61 Å². The molecule has 1 amide bonds. The number of benzene rings is 1. The standard InChI is InChI=1S/C14H18N4O2/c1-10(13-6-7-16-18-13)17-11-4-3-5-12(8-11)20-9-14(19)15-2/h3-8,10,17H,9H2,1-2H3,(H,15,19)(H,16,18). The Labute approximate surface area is 117 Å². The maximum atomic E-state index is 11.1. The van der Waals surface area contributed by atoms with Crippen molar-refractivity contribution in [2.75, 3.05) is 19.0 Å². The van der Waals surface area contributed by atoms with Crippen molar-refractivity contribution in [2.24, 2.45) is 0 Å². The third kappa shape index (κ3) is 3.74. The number of anilines is 1. The molecule has 6 heteroatoms. The van der Waals surface area contributed by atoms with E-state index in [0.717, 1.165) is 11.4 Å². The molecule has 0 aliphatic rings. The van der Waals surface area contributed by atoms with E-state index in [1.165, 1.54) is 0 Å². The van der Waals surface area contributed by atoms with Gasteiger partial charge in [-0.05, 0) is 25.1 Å². The van der Waals surface area contributed by atoms with Gasteiger partial charge in [-0.25, -0.2) is 0 Å². The number of carbonyl (C=O) groups is 1. The molecule has 0 aliphatic heterocycles. The predicted molar refractivity (Wildman–Crippen MR) is 76.6 cm³/mol. The van der Waals surface area contributed by atoms with Crippen molar-refractivity contribution in [3.05, 3.63) is 42.2 Å². The highest BCUT2D eigenvalue weighted by atomic mass is 16.5. The van der Waals surface area contributed by atoms with Gasteiger partial charge in [-0.2, -0.15) is 5.10 Å². The first-order valence-electron chi connectivity index (χ1n) is 6.38. The Bertz CT molecular complexity index is 554. The van der Waals surface area contributed by atoms with E-state index >= 15 is 0 Å². The van der Waals surface area contributed by atoms with Crippen molar-refractivity contribution in [2.45, 2.75) is 13.0 Å². The van der Waals surface area contributed by atoms with Crippen molar-refractivity contribution >= 4 is 11.6 Å². The van der Waals surface area contributed by atoms with Crippen LogP contribution in [0.2, 0.25) is 0 Å². The van der Waals surface area contributed by atoms with Crippen LogP contribution in [0, 0.1) is 0 Å². The van der Waals surface area contributed by atoms with Gasteiger partial charge in [0.2, 0.25) is 0 Å². The molecule has 0 radical (unpaired) electrons. The zero-order chi connectivity index (χ0) is 14.4. The van der Waals surface area contributed by atoms with Gasteiger partial charge < -0.3 is 15.4 Å². The summed E-state index contributed by atoms with van der Waals surface area (Å²) in [6, 6.07) is 9.52. The Morgan fingerprint density at radius 3 is 3.00 bits per heavy atom. The third-order valence-corrected chi connectivity index (χ3v) is 2.85. The van der Waals surface area contributed by atoms with E-state index in [9.17, 15) is 4.79 Å². The molecule has 0 spiro atoms. The number of hydrogen-bond acceptors (Lipinski definition) is 4. The molecular formula is C14H18N4O2. The molecule has 0 aliphatic carbocycles. The van der Waals surface area contributed by atoms with E-state index in [1.807, 2.05) is 37.3 Å². The molecule has 0 saturated carbocycles. The van der Waals surface area contributed by atoms with Crippen molar-refractivity contribution in [3.63, 3.8) is 0 Å². The quantitative estimate of drug-likeness (QED) is 0.749. The van der Waals surface area contributed by atoms with Gasteiger partial charge in [0.25, 0.3) is 5.91 Å². The van der Waals surface area contributed by atoms with E-state index < -0.39 is 0 Å². The van der Waals surface area contributed by atoms with Crippen LogP contribution < -0.4 is 15.4 Å². The Morgan fingerprint density at radius 2 is 2.30 bits per heavy atom. The van der Waals surface area contributed by atoms with E-state index in [2.05, 4.69) is 20.8 Å². The van der Waals surface area contributed by atoms with Gasteiger partial charge in [0.05, 0.1) is 11.7 Å². The zero-order valence-electron chi connectivity index (χ0n) is 11.5. The Hall–Kier alpha value is -2.50. The Kier molecular flexibility index (Phi) is 4.60. The fourth-order valence-corrected chi connectivity index (χ4v) is 1.73. The van der Waals surface area contributed by atoms with Crippen LogP contribution in [0.3, 0.4) is 0 Å². The van der Waals surface area contributed by atoms with Crippen LogP contribution >= 0.6 is 0 Å². The second-order valence-corrected chi connectivity index (χ2v) is 4.37. The van der Waals surface area contributed by atoms with Gasteiger partial charge in [0.1, 0.15) is 5.75 Å². The molecule has 1 unspecified atom stereocenters. The van der Waals surface area contributed by atoms with Crippen LogP contribution in [0.15, 0.2) is 36.5 Å². The van der Waals surface area contributed by atoms with Gasteiger partial charge in [-0.15, -0.1) is 0 Å². The van der Waals surface area contributed by atoms with Crippen molar-refractivity contribution in [3.8, 4) is 5.75 Å². The van der Waals surface area contributed by atoms with Gasteiger partial charge in [-0.3, -0.25) is 9.89 Å². The smallest absolute Gasteiger partial charge is 0.257 e. The summed E-state index contributed by atoms with van der Waals surface area (Å²) in [5.41, 5.74) is 1.92. The minimum atomic E-state index is -0.158. The molecule has 6 nitrogen and oxygen atoms in total. The minimum absolute atomic E-state index is 0.00998. The molecule has 1 aromatic heterocycles. The molecule has 0 saturated heterocycles. The molecule has 2 rings (SSSR count). The average Bonchev–Trinajstić information content (AvgIpc) is 2.99. The van der Waals surface area contributed by atoms with Gasteiger partial charge >= 0.3 is 0 Å². The molecule has 1 aromatic carbocycles. The number of H-pyrrole nitrogens is 1. The fourth-order valence-electron chi connectivity index (χ4n) is 1.73. The Morgan fingerprint density at radius 1 is 1.45 bits per heavy atom. The van der Waals surface area contributed by atoms with Crippen LogP contribution in [0.25, 0.3) is 0 Å². The molecular weight excluding hydrogens is 256 g/mol. The van der Waals surface area contributed by atoms with Crippen LogP contribution in [-0.4, -0.2) is 29.8 Å². The normalized spacial score (nSPS) is 11.7. The number of nitrogens with one attached hydrogen (secondary N) is 3. The van der Waals surface area contributed by atoms with Crippen LogP contribution in [-0.2, 0) is 4.79 Å². The van der Waals surface area contributed by atoms with Gasteiger partial charge in [-0.1, -0.05) is 6.07 Å². The van der Waals surface area contributed by atoms with Crippen LogP contribution in [0.4, 0.5) is 5.69 Å². The minimum Gasteiger partial charge on any atom is -0.484 e. The number of aromatic nitrogens is 2. The molecule has 0 bridgehead atoms. The number of likely N-dealkylation sites (N-methyl/N-ethyl adjacent to an activating group) is 1. The summed E-state index contributed by atoms with van der Waals surface area (Å²) < 4.78 is 5.40. The summed E-state index contributed by atoms with van der Waals surface area (Å²) in [7, 11) is 1.58. The summed E-state index contributed by atoms with van der Waals surface area (Å²) >= 11 is 0. The number of amides is 1. The molecule has 3 N–H and O–H groups in total. The van der Waals surface area contributed by atoms with Crippen molar-refractivity contribution in [1.29, 1.82) is 0 Å². The number of rotatable bonds is 6. The number of carbonyl (C=O) groups excluding carboxylic acids is 1. The first kappa shape index (κ1) is 13.9. The number of ether oxygens (including phenoxy) is 1.